The Morgan fingerprint density at radius 1 is 0.775 bits per heavy atom. The van der Waals surface area contributed by atoms with Gasteiger partial charge in [0, 0.05) is 74.5 Å². The fourth-order valence-electron chi connectivity index (χ4n) is 4.66. The van der Waals surface area contributed by atoms with E-state index >= 15 is 0 Å². The third-order valence-electron chi connectivity index (χ3n) is 6.83. The summed E-state index contributed by atoms with van der Waals surface area (Å²) < 4.78 is 5.53. The van der Waals surface area contributed by atoms with E-state index in [1.165, 1.54) is 0 Å². The molecule has 0 bridgehead atoms. The van der Waals surface area contributed by atoms with E-state index in [0.29, 0.717) is 68.5 Å². The number of rotatable bonds is 6. The highest BCUT2D eigenvalue weighted by molar-refractivity contribution is 5.99. The second kappa shape index (κ2) is 12.7. The van der Waals surface area contributed by atoms with Crippen molar-refractivity contribution in [2.45, 2.75) is 20.3 Å². The number of hydrogen-bond acceptors (Lipinski definition) is 9. The summed E-state index contributed by atoms with van der Waals surface area (Å²) in [5.41, 5.74) is 2.10. The molecule has 4 heterocycles. The lowest BCUT2D eigenvalue weighted by molar-refractivity contribution is -0.134. The maximum Gasteiger partial charge on any atom is 0.323 e. The SMILES string of the molecule is CC(C)C(=O)N1CCCN(c2nc(-c3ccc(NC(=O)Nc4ccncc4)cc3)nc(N3CCOCC3)n2)CC1. The molecule has 2 saturated heterocycles. The van der Waals surface area contributed by atoms with Gasteiger partial charge in [-0.05, 0) is 42.8 Å². The van der Waals surface area contributed by atoms with E-state index < -0.39 is 0 Å². The Labute approximate surface area is 233 Å². The molecule has 40 heavy (non-hydrogen) atoms. The number of amides is 3. The number of anilines is 4. The van der Waals surface area contributed by atoms with Gasteiger partial charge in [-0.2, -0.15) is 15.0 Å². The number of nitrogens with one attached hydrogen (secondary N) is 2. The fourth-order valence-corrected chi connectivity index (χ4v) is 4.66. The van der Waals surface area contributed by atoms with Gasteiger partial charge in [0.1, 0.15) is 0 Å². The average molecular weight is 546 g/mol. The van der Waals surface area contributed by atoms with E-state index in [1.54, 1.807) is 24.5 Å². The fraction of sp³-hybridized carbons (Fsp3) is 0.429. The number of aromatic nitrogens is 4. The Balaban J connectivity index is 1.35. The van der Waals surface area contributed by atoms with Crippen molar-refractivity contribution in [3.05, 3.63) is 48.8 Å². The van der Waals surface area contributed by atoms with E-state index in [4.69, 9.17) is 19.7 Å². The number of nitrogens with zero attached hydrogens (tertiary/aromatic N) is 7. The molecule has 1 aromatic carbocycles. The highest BCUT2D eigenvalue weighted by Crippen LogP contribution is 2.24. The average Bonchev–Trinajstić information content (AvgIpc) is 3.24. The lowest BCUT2D eigenvalue weighted by Crippen LogP contribution is -2.39. The summed E-state index contributed by atoms with van der Waals surface area (Å²) in [7, 11) is 0. The molecule has 12 heteroatoms. The molecule has 0 radical (unpaired) electrons. The van der Waals surface area contributed by atoms with Crippen LogP contribution in [0.15, 0.2) is 48.8 Å². The molecule has 2 N–H and O–H groups in total. The predicted octanol–water partition coefficient (Wildman–Crippen LogP) is 3.11. The zero-order valence-corrected chi connectivity index (χ0v) is 22.9. The minimum absolute atomic E-state index is 0.0255. The maximum atomic E-state index is 12.6. The predicted molar refractivity (Wildman–Crippen MR) is 153 cm³/mol. The number of urea groups is 1. The standard InChI is InChI=1S/C28H35N9O3/c1-20(2)25(38)35-12-3-13-36(15-14-35)26-32-24(33-27(34-26)37-16-18-40-19-17-37)21-4-6-22(7-5-21)30-28(39)31-23-8-10-29-11-9-23/h4-11,20H,3,12-19H2,1-2H3,(H2,29,30,31,39). The van der Waals surface area contributed by atoms with E-state index in [1.807, 2.05) is 43.0 Å². The van der Waals surface area contributed by atoms with Gasteiger partial charge in [0.2, 0.25) is 17.8 Å². The minimum atomic E-state index is -0.345. The number of carbonyl (C=O) groups is 2. The molecule has 210 valence electrons. The van der Waals surface area contributed by atoms with Crippen LogP contribution >= 0.6 is 0 Å². The summed E-state index contributed by atoms with van der Waals surface area (Å²) >= 11 is 0. The lowest BCUT2D eigenvalue weighted by atomic mass is 10.2. The van der Waals surface area contributed by atoms with Gasteiger partial charge >= 0.3 is 6.03 Å². The quantitative estimate of drug-likeness (QED) is 0.480. The van der Waals surface area contributed by atoms with Crippen LogP contribution in [0.2, 0.25) is 0 Å². The van der Waals surface area contributed by atoms with Crippen molar-refractivity contribution in [3.63, 3.8) is 0 Å². The number of morpholine rings is 1. The molecule has 3 amide bonds. The van der Waals surface area contributed by atoms with Crippen molar-refractivity contribution in [3.8, 4) is 11.4 Å². The van der Waals surface area contributed by atoms with Gasteiger partial charge in [-0.3, -0.25) is 9.78 Å². The monoisotopic (exact) mass is 545 g/mol. The van der Waals surface area contributed by atoms with Crippen molar-refractivity contribution < 1.29 is 14.3 Å². The molecule has 2 aromatic heterocycles. The lowest BCUT2D eigenvalue weighted by Gasteiger charge is -2.28. The zero-order valence-electron chi connectivity index (χ0n) is 22.9. The second-order valence-corrected chi connectivity index (χ2v) is 10.1. The first-order chi connectivity index (χ1) is 19.5. The van der Waals surface area contributed by atoms with Crippen LogP contribution in [-0.2, 0) is 9.53 Å². The molecule has 2 fully saturated rings. The molecule has 5 rings (SSSR count). The van der Waals surface area contributed by atoms with Gasteiger partial charge in [-0.1, -0.05) is 13.8 Å². The Kier molecular flexibility index (Phi) is 8.65. The molecular weight excluding hydrogens is 510 g/mol. The summed E-state index contributed by atoms with van der Waals surface area (Å²) in [4.78, 5) is 49.6. The molecule has 0 aliphatic carbocycles. The third kappa shape index (κ3) is 6.81. The van der Waals surface area contributed by atoms with E-state index in [-0.39, 0.29) is 17.9 Å². The summed E-state index contributed by atoms with van der Waals surface area (Å²) in [6.45, 7) is 9.28. The number of ether oxygens (including phenoxy) is 1. The van der Waals surface area contributed by atoms with Crippen LogP contribution in [0.5, 0.6) is 0 Å². The van der Waals surface area contributed by atoms with Crippen LogP contribution in [0, 0.1) is 5.92 Å². The molecule has 0 atom stereocenters. The summed E-state index contributed by atoms with van der Waals surface area (Å²) in [5.74, 6) is 1.92. The molecule has 12 nitrogen and oxygen atoms in total. The highest BCUT2D eigenvalue weighted by Gasteiger charge is 2.24. The summed E-state index contributed by atoms with van der Waals surface area (Å²) in [6.07, 6.45) is 4.07. The Hall–Kier alpha value is -4.32. The van der Waals surface area contributed by atoms with Gasteiger partial charge < -0.3 is 30.1 Å². The van der Waals surface area contributed by atoms with Crippen LogP contribution in [0.1, 0.15) is 20.3 Å². The summed E-state index contributed by atoms with van der Waals surface area (Å²) in [6, 6.07) is 10.5. The van der Waals surface area contributed by atoms with E-state index in [2.05, 4.69) is 25.4 Å². The van der Waals surface area contributed by atoms with Crippen LogP contribution in [-0.4, -0.2) is 89.3 Å². The zero-order chi connectivity index (χ0) is 27.9. The van der Waals surface area contributed by atoms with Gasteiger partial charge in [-0.25, -0.2) is 4.79 Å². The van der Waals surface area contributed by atoms with Crippen molar-refractivity contribution >= 4 is 35.2 Å². The Bertz CT molecular complexity index is 1300. The molecule has 2 aliphatic heterocycles. The largest absolute Gasteiger partial charge is 0.378 e. The van der Waals surface area contributed by atoms with E-state index in [0.717, 1.165) is 25.1 Å². The first-order valence-corrected chi connectivity index (χ1v) is 13.7. The number of carbonyl (C=O) groups excluding carboxylic acids is 2. The van der Waals surface area contributed by atoms with Crippen LogP contribution in [0.3, 0.4) is 0 Å². The van der Waals surface area contributed by atoms with Gasteiger partial charge in [0.05, 0.1) is 13.2 Å². The first kappa shape index (κ1) is 27.3. The molecule has 0 spiro atoms. The maximum absolute atomic E-state index is 12.6. The molecule has 0 unspecified atom stereocenters. The molecule has 3 aromatic rings. The summed E-state index contributed by atoms with van der Waals surface area (Å²) in [5, 5.41) is 5.61. The van der Waals surface area contributed by atoms with Crippen LogP contribution in [0.4, 0.5) is 28.1 Å². The van der Waals surface area contributed by atoms with Crippen molar-refractivity contribution in [2.75, 3.05) is 72.9 Å². The van der Waals surface area contributed by atoms with Gasteiger partial charge in [0.15, 0.2) is 5.82 Å². The first-order valence-electron chi connectivity index (χ1n) is 13.7. The number of hydrogen-bond donors (Lipinski definition) is 2. The second-order valence-electron chi connectivity index (χ2n) is 10.1. The van der Waals surface area contributed by atoms with Crippen LogP contribution < -0.4 is 20.4 Å². The topological polar surface area (TPSA) is 129 Å². The molecule has 0 saturated carbocycles. The molecule has 2 aliphatic rings. The Morgan fingerprint density at radius 2 is 1.40 bits per heavy atom. The minimum Gasteiger partial charge on any atom is -0.378 e. The van der Waals surface area contributed by atoms with Crippen LogP contribution in [0.25, 0.3) is 11.4 Å². The van der Waals surface area contributed by atoms with Gasteiger partial charge in [-0.15, -0.1) is 0 Å². The van der Waals surface area contributed by atoms with Gasteiger partial charge in [0.25, 0.3) is 0 Å². The number of pyridine rings is 1. The normalized spacial score (nSPS) is 16.0. The van der Waals surface area contributed by atoms with Crippen molar-refractivity contribution in [2.24, 2.45) is 5.92 Å². The third-order valence-corrected chi connectivity index (χ3v) is 6.83. The molecular formula is C28H35N9O3. The number of benzene rings is 1. The highest BCUT2D eigenvalue weighted by atomic mass is 16.5. The Morgan fingerprint density at radius 3 is 2.05 bits per heavy atom. The smallest absolute Gasteiger partial charge is 0.323 e. The van der Waals surface area contributed by atoms with Crippen molar-refractivity contribution in [1.82, 2.24) is 24.8 Å². The van der Waals surface area contributed by atoms with E-state index in [9.17, 15) is 9.59 Å². The van der Waals surface area contributed by atoms with Crippen molar-refractivity contribution in [1.29, 1.82) is 0 Å².